The Hall–Kier alpha value is -2.10. The molecular formula is C19H24N2O2. The van der Waals surface area contributed by atoms with Crippen LogP contribution in [0.5, 0.6) is 0 Å². The van der Waals surface area contributed by atoms with Crippen molar-refractivity contribution in [3.05, 3.63) is 52.9 Å². The predicted octanol–water partition coefficient (Wildman–Crippen LogP) is 3.76. The van der Waals surface area contributed by atoms with Crippen molar-refractivity contribution in [3.8, 4) is 0 Å². The maximum atomic E-state index is 13.3. The molecule has 3 rings (SSSR count). The second-order valence-electron chi connectivity index (χ2n) is 6.62. The summed E-state index contributed by atoms with van der Waals surface area (Å²) in [6.45, 7) is 4.37. The summed E-state index contributed by atoms with van der Waals surface area (Å²) >= 11 is 0. The van der Waals surface area contributed by atoms with Crippen LogP contribution in [0.3, 0.4) is 0 Å². The van der Waals surface area contributed by atoms with Gasteiger partial charge in [0, 0.05) is 12.6 Å². The van der Waals surface area contributed by atoms with Gasteiger partial charge in [0.2, 0.25) is 5.91 Å². The number of hydrogen-bond acceptors (Lipinski definition) is 3. The minimum absolute atomic E-state index is 0.209. The van der Waals surface area contributed by atoms with Crippen LogP contribution in [0.15, 0.2) is 34.9 Å². The summed E-state index contributed by atoms with van der Waals surface area (Å²) in [5.74, 6) is 1.00. The molecule has 0 N–H and O–H groups in total. The number of aromatic nitrogens is 1. The fourth-order valence-corrected chi connectivity index (χ4v) is 3.76. The number of nitrogens with zero attached hydrogens (tertiary/aromatic N) is 2. The van der Waals surface area contributed by atoms with E-state index in [9.17, 15) is 4.79 Å². The average Bonchev–Trinajstić information content (AvgIpc) is 3.18. The zero-order valence-corrected chi connectivity index (χ0v) is 14.1. The minimum atomic E-state index is -0.366. The zero-order valence-electron chi connectivity index (χ0n) is 14.1. The molecule has 0 saturated heterocycles. The molecule has 1 aliphatic carbocycles. The van der Waals surface area contributed by atoms with E-state index in [1.54, 1.807) is 0 Å². The van der Waals surface area contributed by atoms with Crippen molar-refractivity contribution in [2.45, 2.75) is 51.5 Å². The molecule has 1 aliphatic rings. The van der Waals surface area contributed by atoms with E-state index in [1.165, 1.54) is 0 Å². The van der Waals surface area contributed by atoms with E-state index in [-0.39, 0.29) is 11.3 Å². The van der Waals surface area contributed by atoms with Crippen molar-refractivity contribution < 1.29 is 9.32 Å². The van der Waals surface area contributed by atoms with Gasteiger partial charge in [-0.1, -0.05) is 48.3 Å². The molecule has 0 unspecified atom stereocenters. The third-order valence-corrected chi connectivity index (χ3v) is 5.12. The largest absolute Gasteiger partial charge is 0.361 e. The molecular weight excluding hydrogens is 288 g/mol. The first-order valence-corrected chi connectivity index (χ1v) is 8.27. The van der Waals surface area contributed by atoms with Crippen LogP contribution in [0.1, 0.15) is 48.3 Å². The van der Waals surface area contributed by atoms with Crippen LogP contribution >= 0.6 is 0 Å². The molecule has 4 nitrogen and oxygen atoms in total. The van der Waals surface area contributed by atoms with Gasteiger partial charge in [-0.25, -0.2) is 0 Å². The fraction of sp³-hybridized carbons (Fsp3) is 0.474. The van der Waals surface area contributed by atoms with Gasteiger partial charge < -0.3 is 9.42 Å². The van der Waals surface area contributed by atoms with Crippen LogP contribution in [-0.4, -0.2) is 23.0 Å². The van der Waals surface area contributed by atoms with E-state index in [0.717, 1.165) is 48.3 Å². The van der Waals surface area contributed by atoms with Gasteiger partial charge in [-0.2, -0.15) is 0 Å². The highest BCUT2D eigenvalue weighted by Crippen LogP contribution is 2.42. The van der Waals surface area contributed by atoms with Crippen molar-refractivity contribution in [1.29, 1.82) is 0 Å². The van der Waals surface area contributed by atoms with Gasteiger partial charge in [0.25, 0.3) is 0 Å². The Kier molecular flexibility index (Phi) is 4.24. The van der Waals surface area contributed by atoms with Crippen LogP contribution in [0.25, 0.3) is 0 Å². The molecule has 4 heteroatoms. The molecule has 0 bridgehead atoms. The summed E-state index contributed by atoms with van der Waals surface area (Å²) in [5, 5.41) is 3.99. The standard InChI is InChI=1S/C19H24N2O2/c1-14-17(15(2)23-20-14)13-21(3)18(22)19(11-7-8-12-19)16-9-5-4-6-10-16/h4-6,9-10H,7-8,11-13H2,1-3H3. The van der Waals surface area contributed by atoms with Gasteiger partial charge in [0.05, 0.1) is 17.7 Å². The van der Waals surface area contributed by atoms with E-state index < -0.39 is 0 Å². The van der Waals surface area contributed by atoms with Crippen LogP contribution in [0.4, 0.5) is 0 Å². The molecule has 2 aromatic rings. The Morgan fingerprint density at radius 2 is 1.87 bits per heavy atom. The van der Waals surface area contributed by atoms with Crippen molar-refractivity contribution >= 4 is 5.91 Å². The number of carbonyl (C=O) groups excluding carboxylic acids is 1. The van der Waals surface area contributed by atoms with Gasteiger partial charge in [0.1, 0.15) is 5.76 Å². The highest BCUT2D eigenvalue weighted by atomic mass is 16.5. The Labute approximate surface area is 137 Å². The van der Waals surface area contributed by atoms with Crippen LogP contribution in [0, 0.1) is 13.8 Å². The molecule has 0 atom stereocenters. The Morgan fingerprint density at radius 3 is 2.43 bits per heavy atom. The Bertz CT molecular complexity index is 665. The van der Waals surface area contributed by atoms with E-state index in [0.29, 0.717) is 6.54 Å². The van der Waals surface area contributed by atoms with Crippen molar-refractivity contribution in [2.75, 3.05) is 7.05 Å². The fourth-order valence-electron chi connectivity index (χ4n) is 3.76. The molecule has 1 saturated carbocycles. The van der Waals surface area contributed by atoms with Gasteiger partial charge in [0.15, 0.2) is 0 Å². The van der Waals surface area contributed by atoms with Gasteiger partial charge in [-0.05, 0) is 32.3 Å². The molecule has 1 aromatic heterocycles. The van der Waals surface area contributed by atoms with E-state index in [1.807, 2.05) is 44.0 Å². The molecule has 1 amide bonds. The maximum absolute atomic E-state index is 13.3. The molecule has 1 heterocycles. The smallest absolute Gasteiger partial charge is 0.233 e. The second kappa shape index (κ2) is 6.19. The average molecular weight is 312 g/mol. The second-order valence-corrected chi connectivity index (χ2v) is 6.62. The summed E-state index contributed by atoms with van der Waals surface area (Å²) in [7, 11) is 1.89. The van der Waals surface area contributed by atoms with E-state index in [2.05, 4.69) is 17.3 Å². The molecule has 1 fully saturated rings. The van der Waals surface area contributed by atoms with Crippen molar-refractivity contribution in [2.24, 2.45) is 0 Å². The van der Waals surface area contributed by atoms with E-state index in [4.69, 9.17) is 4.52 Å². The van der Waals surface area contributed by atoms with Gasteiger partial charge in [-0.15, -0.1) is 0 Å². The summed E-state index contributed by atoms with van der Waals surface area (Å²) in [5.41, 5.74) is 2.66. The maximum Gasteiger partial charge on any atom is 0.233 e. The summed E-state index contributed by atoms with van der Waals surface area (Å²) in [4.78, 5) is 15.1. The van der Waals surface area contributed by atoms with Crippen molar-refractivity contribution in [1.82, 2.24) is 10.1 Å². The lowest BCUT2D eigenvalue weighted by molar-refractivity contribution is -0.136. The van der Waals surface area contributed by atoms with Crippen LogP contribution in [-0.2, 0) is 16.8 Å². The summed E-state index contributed by atoms with van der Waals surface area (Å²) in [6, 6.07) is 10.2. The summed E-state index contributed by atoms with van der Waals surface area (Å²) in [6.07, 6.45) is 4.09. The molecule has 23 heavy (non-hydrogen) atoms. The Morgan fingerprint density at radius 1 is 1.22 bits per heavy atom. The number of hydrogen-bond donors (Lipinski definition) is 0. The summed E-state index contributed by atoms with van der Waals surface area (Å²) < 4.78 is 5.22. The first kappa shape index (κ1) is 15.8. The zero-order chi connectivity index (χ0) is 16.4. The quantitative estimate of drug-likeness (QED) is 0.863. The highest BCUT2D eigenvalue weighted by molar-refractivity contribution is 5.88. The highest BCUT2D eigenvalue weighted by Gasteiger charge is 2.44. The molecule has 122 valence electrons. The number of carbonyl (C=O) groups is 1. The number of rotatable bonds is 4. The third-order valence-electron chi connectivity index (χ3n) is 5.12. The SMILES string of the molecule is Cc1noc(C)c1CN(C)C(=O)C1(c2ccccc2)CCCC1. The van der Waals surface area contributed by atoms with Gasteiger partial charge >= 0.3 is 0 Å². The Balaban J connectivity index is 1.87. The lowest BCUT2D eigenvalue weighted by Crippen LogP contribution is -2.43. The topological polar surface area (TPSA) is 46.3 Å². The van der Waals surface area contributed by atoms with Gasteiger partial charge in [-0.3, -0.25) is 4.79 Å². The lowest BCUT2D eigenvalue weighted by Gasteiger charge is -2.33. The lowest BCUT2D eigenvalue weighted by atomic mass is 9.77. The minimum Gasteiger partial charge on any atom is -0.361 e. The molecule has 0 aliphatic heterocycles. The number of amides is 1. The first-order valence-electron chi connectivity index (χ1n) is 8.27. The molecule has 0 spiro atoms. The first-order chi connectivity index (χ1) is 11.0. The predicted molar refractivity (Wildman–Crippen MR) is 89.0 cm³/mol. The normalized spacial score (nSPS) is 16.5. The number of aryl methyl sites for hydroxylation is 2. The third kappa shape index (κ3) is 2.78. The van der Waals surface area contributed by atoms with Crippen LogP contribution < -0.4 is 0 Å². The van der Waals surface area contributed by atoms with Crippen LogP contribution in [0.2, 0.25) is 0 Å². The number of likely N-dealkylation sites (N-methyl/N-ethyl adjacent to an activating group) is 1. The monoisotopic (exact) mass is 312 g/mol. The molecule has 1 aromatic carbocycles. The molecule has 0 radical (unpaired) electrons. The van der Waals surface area contributed by atoms with Crippen molar-refractivity contribution in [3.63, 3.8) is 0 Å². The number of benzene rings is 1. The van der Waals surface area contributed by atoms with E-state index >= 15 is 0 Å².